The molecule has 0 aromatic heterocycles. The predicted octanol–water partition coefficient (Wildman–Crippen LogP) is 4.01. The van der Waals surface area contributed by atoms with Gasteiger partial charge in [-0.05, 0) is 49.8 Å². The minimum absolute atomic E-state index is 0.497. The van der Waals surface area contributed by atoms with Gasteiger partial charge in [-0.2, -0.15) is 0 Å². The molecule has 1 unspecified atom stereocenters. The smallest absolute Gasteiger partial charge is 0.0294 e. The van der Waals surface area contributed by atoms with Crippen molar-refractivity contribution < 1.29 is 0 Å². The van der Waals surface area contributed by atoms with Crippen LogP contribution < -0.4 is 5.32 Å². The van der Waals surface area contributed by atoms with Crippen LogP contribution in [0.3, 0.4) is 0 Å². The maximum absolute atomic E-state index is 3.59. The zero-order valence-electron chi connectivity index (χ0n) is 10.5. The molecule has 0 spiro atoms. The van der Waals surface area contributed by atoms with Crippen LogP contribution >= 0.6 is 0 Å². The van der Waals surface area contributed by atoms with Gasteiger partial charge in [0.1, 0.15) is 0 Å². The lowest BCUT2D eigenvalue weighted by molar-refractivity contribution is 0.413. The molecule has 0 bridgehead atoms. The van der Waals surface area contributed by atoms with Crippen LogP contribution in [0.4, 0.5) is 0 Å². The first-order chi connectivity index (χ1) is 7.83. The molecule has 0 heterocycles. The molecular weight excluding hydrogens is 194 g/mol. The van der Waals surface area contributed by atoms with Crippen LogP contribution in [0, 0.1) is 0 Å². The first kappa shape index (κ1) is 11.7. The third kappa shape index (κ3) is 2.46. The normalized spacial score (nSPS) is 18.1. The Labute approximate surface area is 99.3 Å². The summed E-state index contributed by atoms with van der Waals surface area (Å²) in [5.74, 6) is 0.835. The highest BCUT2D eigenvalue weighted by Crippen LogP contribution is 2.39. The third-order valence-electron chi connectivity index (χ3n) is 3.71. The molecule has 0 aliphatic heterocycles. The van der Waals surface area contributed by atoms with Crippen molar-refractivity contribution >= 4 is 0 Å². The molecular formula is C15H23N. The fraction of sp³-hybridized carbons (Fsp3) is 0.600. The van der Waals surface area contributed by atoms with Crippen LogP contribution in [-0.2, 0) is 0 Å². The summed E-state index contributed by atoms with van der Waals surface area (Å²) in [6.07, 6.45) is 5.39. The molecule has 2 rings (SSSR count). The minimum atomic E-state index is 0.497. The fourth-order valence-electron chi connectivity index (χ4n) is 2.47. The maximum Gasteiger partial charge on any atom is 0.0294 e. The zero-order valence-corrected chi connectivity index (χ0v) is 10.5. The van der Waals surface area contributed by atoms with Gasteiger partial charge in [-0.3, -0.25) is 0 Å². The first-order valence-corrected chi connectivity index (χ1v) is 6.65. The Balaban J connectivity index is 2.11. The molecule has 1 aromatic rings. The number of rotatable bonds is 5. The molecule has 1 heteroatoms. The quantitative estimate of drug-likeness (QED) is 0.785. The second-order valence-electron chi connectivity index (χ2n) is 4.93. The van der Waals surface area contributed by atoms with Crippen molar-refractivity contribution in [3.63, 3.8) is 0 Å². The van der Waals surface area contributed by atoms with E-state index in [1.54, 1.807) is 5.56 Å². The van der Waals surface area contributed by atoms with Crippen LogP contribution in [0.5, 0.6) is 0 Å². The summed E-state index contributed by atoms with van der Waals surface area (Å²) in [6.45, 7) is 5.62. The van der Waals surface area contributed by atoms with E-state index in [1.165, 1.54) is 31.2 Å². The molecule has 1 aromatic carbocycles. The monoisotopic (exact) mass is 217 g/mol. The van der Waals surface area contributed by atoms with Crippen LogP contribution in [0.2, 0.25) is 0 Å². The second kappa shape index (κ2) is 5.49. The summed E-state index contributed by atoms with van der Waals surface area (Å²) < 4.78 is 0. The van der Waals surface area contributed by atoms with Gasteiger partial charge >= 0.3 is 0 Å². The van der Waals surface area contributed by atoms with E-state index >= 15 is 0 Å². The van der Waals surface area contributed by atoms with Crippen molar-refractivity contribution in [1.82, 2.24) is 5.32 Å². The van der Waals surface area contributed by atoms with E-state index in [1.807, 2.05) is 0 Å². The Morgan fingerprint density at radius 3 is 2.69 bits per heavy atom. The van der Waals surface area contributed by atoms with E-state index in [0.717, 1.165) is 12.5 Å². The van der Waals surface area contributed by atoms with Gasteiger partial charge in [0.05, 0.1) is 0 Å². The van der Waals surface area contributed by atoms with Gasteiger partial charge in [0, 0.05) is 6.04 Å². The summed E-state index contributed by atoms with van der Waals surface area (Å²) in [4.78, 5) is 0. The lowest BCUT2D eigenvalue weighted by Crippen LogP contribution is -2.22. The summed E-state index contributed by atoms with van der Waals surface area (Å²) in [5, 5.41) is 3.59. The minimum Gasteiger partial charge on any atom is -0.310 e. The molecule has 1 nitrogen and oxygen atoms in total. The molecule has 1 aliphatic carbocycles. The second-order valence-corrected chi connectivity index (χ2v) is 4.93. The van der Waals surface area contributed by atoms with E-state index in [4.69, 9.17) is 0 Å². The van der Waals surface area contributed by atoms with Gasteiger partial charge in [0.15, 0.2) is 0 Å². The van der Waals surface area contributed by atoms with Crippen molar-refractivity contribution in [2.45, 2.75) is 51.5 Å². The van der Waals surface area contributed by atoms with Crippen LogP contribution in [0.1, 0.15) is 62.6 Å². The van der Waals surface area contributed by atoms with Gasteiger partial charge in [-0.25, -0.2) is 0 Å². The molecule has 0 amide bonds. The lowest BCUT2D eigenvalue weighted by atomic mass is 9.77. The predicted molar refractivity (Wildman–Crippen MR) is 69.7 cm³/mol. The topological polar surface area (TPSA) is 12.0 Å². The van der Waals surface area contributed by atoms with Gasteiger partial charge in [0.2, 0.25) is 0 Å². The summed E-state index contributed by atoms with van der Waals surface area (Å²) in [7, 11) is 0. The average Bonchev–Trinajstić information content (AvgIpc) is 2.24. The molecule has 16 heavy (non-hydrogen) atoms. The Bertz CT molecular complexity index is 328. The maximum atomic E-state index is 3.59. The number of hydrogen-bond acceptors (Lipinski definition) is 1. The zero-order chi connectivity index (χ0) is 11.4. The van der Waals surface area contributed by atoms with Crippen LogP contribution in [-0.4, -0.2) is 6.54 Å². The van der Waals surface area contributed by atoms with Crippen molar-refractivity contribution in [1.29, 1.82) is 0 Å². The summed E-state index contributed by atoms with van der Waals surface area (Å²) >= 11 is 0. The van der Waals surface area contributed by atoms with E-state index in [2.05, 4.69) is 43.4 Å². The fourth-order valence-corrected chi connectivity index (χ4v) is 2.47. The summed E-state index contributed by atoms with van der Waals surface area (Å²) in [5.41, 5.74) is 3.10. The standard InChI is InChI=1S/C15H23N/c1-3-11-16-12(2)14-9-4-5-10-15(14)13-7-6-8-13/h4-5,9-10,12-13,16H,3,6-8,11H2,1-2H3. The van der Waals surface area contributed by atoms with Gasteiger partial charge in [0.25, 0.3) is 0 Å². The molecule has 88 valence electrons. The molecule has 0 radical (unpaired) electrons. The Hall–Kier alpha value is -0.820. The van der Waals surface area contributed by atoms with E-state index in [0.29, 0.717) is 6.04 Å². The van der Waals surface area contributed by atoms with E-state index in [-0.39, 0.29) is 0 Å². The molecule has 0 saturated heterocycles. The van der Waals surface area contributed by atoms with Crippen LogP contribution in [0.15, 0.2) is 24.3 Å². The largest absolute Gasteiger partial charge is 0.310 e. The first-order valence-electron chi connectivity index (χ1n) is 6.65. The van der Waals surface area contributed by atoms with Crippen molar-refractivity contribution in [3.8, 4) is 0 Å². The molecule has 1 N–H and O–H groups in total. The Morgan fingerprint density at radius 2 is 2.06 bits per heavy atom. The Kier molecular flexibility index (Phi) is 4.00. The summed E-state index contributed by atoms with van der Waals surface area (Å²) in [6, 6.07) is 9.46. The molecule has 1 fully saturated rings. The van der Waals surface area contributed by atoms with E-state index in [9.17, 15) is 0 Å². The number of nitrogens with one attached hydrogen (secondary N) is 1. The van der Waals surface area contributed by atoms with Gasteiger partial charge < -0.3 is 5.32 Å². The van der Waals surface area contributed by atoms with Crippen molar-refractivity contribution in [2.24, 2.45) is 0 Å². The molecule has 1 aliphatic rings. The van der Waals surface area contributed by atoms with Crippen LogP contribution in [0.25, 0.3) is 0 Å². The highest BCUT2D eigenvalue weighted by molar-refractivity contribution is 5.33. The molecule has 1 saturated carbocycles. The van der Waals surface area contributed by atoms with Crippen molar-refractivity contribution in [3.05, 3.63) is 35.4 Å². The Morgan fingerprint density at radius 1 is 1.31 bits per heavy atom. The lowest BCUT2D eigenvalue weighted by Gasteiger charge is -2.29. The number of hydrogen-bond donors (Lipinski definition) is 1. The average molecular weight is 217 g/mol. The van der Waals surface area contributed by atoms with Crippen molar-refractivity contribution in [2.75, 3.05) is 6.54 Å². The SMILES string of the molecule is CCCNC(C)c1ccccc1C1CCC1. The van der Waals surface area contributed by atoms with E-state index < -0.39 is 0 Å². The third-order valence-corrected chi connectivity index (χ3v) is 3.71. The highest BCUT2D eigenvalue weighted by Gasteiger charge is 2.23. The van der Waals surface area contributed by atoms with Gasteiger partial charge in [-0.1, -0.05) is 37.6 Å². The highest BCUT2D eigenvalue weighted by atomic mass is 14.9. The molecule has 1 atom stereocenters. The van der Waals surface area contributed by atoms with Gasteiger partial charge in [-0.15, -0.1) is 0 Å². The number of benzene rings is 1.